The highest BCUT2D eigenvalue weighted by molar-refractivity contribution is 9.10. The minimum absolute atomic E-state index is 0.190. The van der Waals surface area contributed by atoms with Crippen LogP contribution >= 0.6 is 31.9 Å². The van der Waals surface area contributed by atoms with Crippen molar-refractivity contribution >= 4 is 37.6 Å². The van der Waals surface area contributed by atoms with Gasteiger partial charge in [-0.25, -0.2) is 0 Å². The van der Waals surface area contributed by atoms with Crippen molar-refractivity contribution in [1.29, 1.82) is 0 Å². The first kappa shape index (κ1) is 9.59. The van der Waals surface area contributed by atoms with Crippen LogP contribution in [0.25, 0.3) is 0 Å². The van der Waals surface area contributed by atoms with Gasteiger partial charge in [0.25, 0.3) is 0 Å². The van der Waals surface area contributed by atoms with Gasteiger partial charge in [-0.05, 0) is 25.2 Å². The minimum atomic E-state index is -0.190. The van der Waals surface area contributed by atoms with Crippen LogP contribution in [0, 0.1) is 11.8 Å². The largest absolute Gasteiger partial charge is 0.298 e. The molecule has 0 aromatic heterocycles. The third-order valence-corrected chi connectivity index (χ3v) is 6.57. The van der Waals surface area contributed by atoms with Crippen molar-refractivity contribution < 1.29 is 4.79 Å². The van der Waals surface area contributed by atoms with Crippen LogP contribution in [0.5, 0.6) is 0 Å². The first-order chi connectivity index (χ1) is 6.64. The van der Waals surface area contributed by atoms with Gasteiger partial charge in [0.05, 0.1) is 4.32 Å². The summed E-state index contributed by atoms with van der Waals surface area (Å²) in [6, 6.07) is 0. The van der Waals surface area contributed by atoms with Gasteiger partial charge in [-0.3, -0.25) is 4.79 Å². The number of hydrogen-bond acceptors (Lipinski definition) is 1. The number of carbonyl (C=O) groups excluding carboxylic acids is 1. The smallest absolute Gasteiger partial charge is 0.150 e. The molecule has 0 bridgehead atoms. The Balaban J connectivity index is 2.06. The average molecular weight is 320 g/mol. The van der Waals surface area contributed by atoms with E-state index < -0.39 is 0 Å². The zero-order valence-corrected chi connectivity index (χ0v) is 11.0. The molecule has 0 heterocycles. The summed E-state index contributed by atoms with van der Waals surface area (Å²) in [7, 11) is 0. The van der Waals surface area contributed by atoms with E-state index in [1.165, 1.54) is 12.0 Å². The molecule has 0 aromatic carbocycles. The highest BCUT2D eigenvalue weighted by Crippen LogP contribution is 2.63. The second-order valence-electron chi connectivity index (χ2n) is 4.61. The maximum absolute atomic E-state index is 12.0. The van der Waals surface area contributed by atoms with Gasteiger partial charge < -0.3 is 0 Å². The van der Waals surface area contributed by atoms with E-state index in [0.29, 0.717) is 22.4 Å². The third-order valence-electron chi connectivity index (χ3n) is 4.03. The van der Waals surface area contributed by atoms with E-state index in [4.69, 9.17) is 0 Å². The molecule has 76 valence electrons. The molecule has 0 aliphatic heterocycles. The fourth-order valence-electron chi connectivity index (χ4n) is 3.30. The van der Waals surface area contributed by atoms with E-state index in [1.54, 1.807) is 0 Å². The zero-order chi connectivity index (χ0) is 9.92. The molecule has 0 aromatic rings. The molecule has 2 saturated carbocycles. The number of alkyl halides is 2. The molecule has 1 nitrogen and oxygen atoms in total. The molecular weight excluding hydrogens is 308 g/mol. The number of rotatable bonds is 0. The van der Waals surface area contributed by atoms with Crippen molar-refractivity contribution in [3.8, 4) is 0 Å². The molecule has 3 rings (SSSR count). The van der Waals surface area contributed by atoms with Crippen molar-refractivity contribution in [2.45, 2.75) is 34.8 Å². The molecule has 0 unspecified atom stereocenters. The molecule has 0 amide bonds. The zero-order valence-electron chi connectivity index (χ0n) is 7.80. The summed E-state index contributed by atoms with van der Waals surface area (Å²) in [5.74, 6) is 1.63. The van der Waals surface area contributed by atoms with Gasteiger partial charge in [0.2, 0.25) is 0 Å². The summed E-state index contributed by atoms with van der Waals surface area (Å²) < 4.78 is -0.190. The Morgan fingerprint density at radius 2 is 2.29 bits per heavy atom. The van der Waals surface area contributed by atoms with Crippen LogP contribution in [0.2, 0.25) is 0 Å². The van der Waals surface area contributed by atoms with Crippen molar-refractivity contribution in [3.05, 3.63) is 11.6 Å². The van der Waals surface area contributed by atoms with Gasteiger partial charge in [-0.1, -0.05) is 43.5 Å². The van der Waals surface area contributed by atoms with Crippen molar-refractivity contribution in [1.82, 2.24) is 0 Å². The molecule has 2 fully saturated rings. The summed E-state index contributed by atoms with van der Waals surface area (Å²) in [6.45, 7) is 0. The molecule has 0 spiro atoms. The molecule has 14 heavy (non-hydrogen) atoms. The molecular formula is C11H12Br2O. The van der Waals surface area contributed by atoms with E-state index in [9.17, 15) is 4.79 Å². The summed E-state index contributed by atoms with van der Waals surface area (Å²) in [4.78, 5) is 12.5. The number of hydrogen-bond donors (Lipinski definition) is 0. The lowest BCUT2D eigenvalue weighted by Gasteiger charge is -2.45. The van der Waals surface area contributed by atoms with E-state index in [2.05, 4.69) is 37.9 Å². The molecule has 0 radical (unpaired) electrons. The van der Waals surface area contributed by atoms with Gasteiger partial charge in [0.1, 0.15) is 5.78 Å². The van der Waals surface area contributed by atoms with Crippen LogP contribution in [-0.2, 0) is 4.79 Å². The summed E-state index contributed by atoms with van der Waals surface area (Å²) in [5, 5.41) is 0. The van der Waals surface area contributed by atoms with Crippen LogP contribution in [0.1, 0.15) is 25.7 Å². The average Bonchev–Trinajstić information content (AvgIpc) is 2.43. The first-order valence-corrected chi connectivity index (χ1v) is 6.91. The second-order valence-corrected chi connectivity index (χ2v) is 7.01. The maximum atomic E-state index is 12.0. The lowest BCUT2D eigenvalue weighted by molar-refractivity contribution is -0.121. The Kier molecular flexibility index (Phi) is 2.01. The lowest BCUT2D eigenvalue weighted by Crippen LogP contribution is -2.48. The van der Waals surface area contributed by atoms with E-state index in [1.807, 2.05) is 0 Å². The van der Waals surface area contributed by atoms with Crippen LogP contribution in [0.15, 0.2) is 11.6 Å². The molecule has 0 N–H and O–H groups in total. The molecule has 3 aliphatic carbocycles. The summed E-state index contributed by atoms with van der Waals surface area (Å²) in [5.41, 5.74) is 1.48. The Labute approximate surface area is 101 Å². The topological polar surface area (TPSA) is 17.1 Å². The fourth-order valence-corrected chi connectivity index (χ4v) is 5.37. The number of halogens is 2. The monoisotopic (exact) mass is 318 g/mol. The molecule has 0 saturated heterocycles. The number of Topliss-reactive ketones (excluding diaryl/α,β-unsaturated/α-hetero) is 1. The van der Waals surface area contributed by atoms with Gasteiger partial charge in [0.15, 0.2) is 0 Å². The first-order valence-electron chi connectivity index (χ1n) is 5.21. The summed E-state index contributed by atoms with van der Waals surface area (Å²) in [6.07, 6.45) is 6.16. The lowest BCUT2D eigenvalue weighted by atomic mass is 9.68. The van der Waals surface area contributed by atoms with Gasteiger partial charge in [0, 0.05) is 17.2 Å². The Morgan fingerprint density at radius 3 is 3.07 bits per heavy atom. The van der Waals surface area contributed by atoms with Crippen LogP contribution in [0.4, 0.5) is 0 Å². The van der Waals surface area contributed by atoms with Gasteiger partial charge in [-0.2, -0.15) is 0 Å². The standard InChI is InChI=1S/C11H12Br2O/c12-10-6-2-1-3-8(14)11(13)5-4-7(10)9(6)11/h2,7,9-10H,1,3-5H2/t7-,9-,10-,11+/m0/s1. The highest BCUT2D eigenvalue weighted by atomic mass is 79.9. The van der Waals surface area contributed by atoms with Gasteiger partial charge in [-0.15, -0.1) is 0 Å². The van der Waals surface area contributed by atoms with Gasteiger partial charge >= 0.3 is 0 Å². The Hall–Kier alpha value is 0.370. The predicted octanol–water partition coefficient (Wildman–Crippen LogP) is 3.21. The Bertz CT molecular complexity index is 336. The van der Waals surface area contributed by atoms with E-state index in [0.717, 1.165) is 19.3 Å². The van der Waals surface area contributed by atoms with Crippen molar-refractivity contribution in [2.24, 2.45) is 11.8 Å². The maximum Gasteiger partial charge on any atom is 0.150 e. The number of allylic oxidation sites excluding steroid dienone is 2. The van der Waals surface area contributed by atoms with E-state index in [-0.39, 0.29) is 4.32 Å². The third kappa shape index (κ3) is 0.981. The van der Waals surface area contributed by atoms with Crippen LogP contribution < -0.4 is 0 Å². The fraction of sp³-hybridized carbons (Fsp3) is 0.727. The molecule has 3 aliphatic rings. The molecule has 3 heteroatoms. The normalized spacial score (nSPS) is 50.6. The predicted molar refractivity (Wildman–Crippen MR) is 62.9 cm³/mol. The number of carbonyl (C=O) groups is 1. The van der Waals surface area contributed by atoms with Crippen LogP contribution in [0.3, 0.4) is 0 Å². The molecule has 4 atom stereocenters. The van der Waals surface area contributed by atoms with Crippen molar-refractivity contribution in [2.75, 3.05) is 0 Å². The van der Waals surface area contributed by atoms with Crippen molar-refractivity contribution in [3.63, 3.8) is 0 Å². The van der Waals surface area contributed by atoms with Crippen LogP contribution in [-0.4, -0.2) is 14.9 Å². The minimum Gasteiger partial charge on any atom is -0.298 e. The quantitative estimate of drug-likeness (QED) is 0.495. The second kappa shape index (κ2) is 2.94. The Morgan fingerprint density at radius 1 is 1.50 bits per heavy atom. The summed E-state index contributed by atoms with van der Waals surface area (Å²) >= 11 is 7.46. The van der Waals surface area contributed by atoms with E-state index >= 15 is 0 Å². The number of ketones is 1. The highest BCUT2D eigenvalue weighted by Gasteiger charge is 2.61. The SMILES string of the molecule is O=C1CCC=C2[C@H](Br)[C@H]3CC[C@]1(Br)[C@@H]23.